The van der Waals surface area contributed by atoms with Crippen molar-refractivity contribution in [2.45, 2.75) is 6.92 Å². The van der Waals surface area contributed by atoms with E-state index in [0.29, 0.717) is 43.1 Å². The number of amides is 3. The lowest BCUT2D eigenvalue weighted by atomic mass is 10.1. The fraction of sp³-hybridized carbons (Fsp3) is 0.273. The lowest BCUT2D eigenvalue weighted by Gasteiger charge is -2.35. The van der Waals surface area contributed by atoms with Crippen molar-refractivity contribution in [1.29, 1.82) is 0 Å². The number of carbonyl (C=O) groups is 3. The monoisotopic (exact) mass is 431 g/mol. The zero-order chi connectivity index (χ0) is 22.2. The van der Waals surface area contributed by atoms with Crippen LogP contribution < -0.4 is 4.90 Å². The van der Waals surface area contributed by atoms with Gasteiger partial charge < -0.3 is 9.80 Å². The average Bonchev–Trinajstić information content (AvgIpc) is 3.37. The number of imide groups is 1. The normalized spacial score (nSPS) is 16.0. The number of benzene rings is 1. The van der Waals surface area contributed by atoms with Gasteiger partial charge >= 0.3 is 0 Å². The van der Waals surface area contributed by atoms with Crippen LogP contribution in [0.5, 0.6) is 0 Å². The van der Waals surface area contributed by atoms with Gasteiger partial charge in [-0.1, -0.05) is 12.1 Å². The summed E-state index contributed by atoms with van der Waals surface area (Å²) < 4.78 is 1.70. The summed E-state index contributed by atoms with van der Waals surface area (Å²) in [5, 5.41) is 4.37. The minimum absolute atomic E-state index is 0.241. The highest BCUT2D eigenvalue weighted by Crippen LogP contribution is 2.23. The Balaban J connectivity index is 1.22. The molecule has 1 aromatic carbocycles. The van der Waals surface area contributed by atoms with Crippen LogP contribution in [0.25, 0.3) is 5.82 Å². The van der Waals surface area contributed by atoms with Gasteiger partial charge in [-0.25, -0.2) is 14.6 Å². The van der Waals surface area contributed by atoms with E-state index in [0.717, 1.165) is 16.4 Å². The summed E-state index contributed by atoms with van der Waals surface area (Å²) in [7, 11) is 0. The summed E-state index contributed by atoms with van der Waals surface area (Å²) in [6, 6.07) is 10.4. The topological polar surface area (TPSA) is 105 Å². The first-order valence-corrected chi connectivity index (χ1v) is 10.3. The second kappa shape index (κ2) is 7.88. The van der Waals surface area contributed by atoms with Crippen LogP contribution >= 0.6 is 0 Å². The Morgan fingerprint density at radius 3 is 2.22 bits per heavy atom. The third-order valence-corrected chi connectivity index (χ3v) is 5.72. The second-order valence-corrected chi connectivity index (χ2v) is 7.75. The molecule has 0 spiro atoms. The Morgan fingerprint density at radius 1 is 0.938 bits per heavy atom. The largest absolute Gasteiger partial charge is 0.353 e. The fourth-order valence-corrected chi connectivity index (χ4v) is 3.98. The first kappa shape index (κ1) is 19.9. The minimum Gasteiger partial charge on any atom is -0.353 e. The van der Waals surface area contributed by atoms with Crippen LogP contribution in [0.3, 0.4) is 0 Å². The number of carbonyl (C=O) groups excluding carboxylic acids is 3. The average molecular weight is 431 g/mol. The predicted molar refractivity (Wildman–Crippen MR) is 114 cm³/mol. The number of piperazine rings is 1. The number of rotatable bonds is 4. The van der Waals surface area contributed by atoms with Crippen molar-refractivity contribution in [3.8, 4) is 5.82 Å². The van der Waals surface area contributed by atoms with Crippen molar-refractivity contribution in [3.05, 3.63) is 65.7 Å². The number of aryl methyl sites for hydroxylation is 1. The summed E-state index contributed by atoms with van der Waals surface area (Å²) >= 11 is 0. The van der Waals surface area contributed by atoms with Gasteiger partial charge in [0.25, 0.3) is 11.8 Å². The lowest BCUT2D eigenvalue weighted by molar-refractivity contribution is -0.131. The third-order valence-electron chi connectivity index (χ3n) is 5.72. The van der Waals surface area contributed by atoms with E-state index in [1.54, 1.807) is 33.8 Å². The van der Waals surface area contributed by atoms with Crippen LogP contribution in [-0.4, -0.2) is 80.0 Å². The van der Waals surface area contributed by atoms with Gasteiger partial charge in [0, 0.05) is 38.4 Å². The Labute approximate surface area is 184 Å². The molecule has 0 radical (unpaired) electrons. The van der Waals surface area contributed by atoms with Crippen LogP contribution in [0.15, 0.2) is 48.9 Å². The second-order valence-electron chi connectivity index (χ2n) is 7.75. The molecule has 0 aliphatic carbocycles. The van der Waals surface area contributed by atoms with E-state index in [9.17, 15) is 14.4 Å². The summed E-state index contributed by atoms with van der Waals surface area (Å²) in [4.78, 5) is 51.3. The molecule has 0 unspecified atom stereocenters. The van der Waals surface area contributed by atoms with Gasteiger partial charge in [-0.2, -0.15) is 5.10 Å². The molecule has 32 heavy (non-hydrogen) atoms. The van der Waals surface area contributed by atoms with E-state index in [2.05, 4.69) is 20.0 Å². The lowest BCUT2D eigenvalue weighted by Crippen LogP contribution is -2.52. The van der Waals surface area contributed by atoms with Gasteiger partial charge in [-0.3, -0.25) is 19.3 Å². The van der Waals surface area contributed by atoms with Crippen molar-refractivity contribution in [2.75, 3.05) is 37.6 Å². The maximum Gasteiger partial charge on any atom is 0.262 e. The molecular weight excluding hydrogens is 410 g/mol. The molecule has 1 fully saturated rings. The highest BCUT2D eigenvalue weighted by atomic mass is 16.2. The van der Waals surface area contributed by atoms with Crippen molar-refractivity contribution in [2.24, 2.45) is 0 Å². The number of fused-ring (bicyclic) bond motifs is 1. The van der Waals surface area contributed by atoms with Gasteiger partial charge in [0.2, 0.25) is 5.91 Å². The molecule has 3 aromatic rings. The molecule has 2 aromatic heterocycles. The van der Waals surface area contributed by atoms with E-state index in [-0.39, 0.29) is 12.5 Å². The van der Waals surface area contributed by atoms with Crippen molar-refractivity contribution < 1.29 is 14.4 Å². The summed E-state index contributed by atoms with van der Waals surface area (Å²) in [6.07, 6.45) is 3.35. The summed E-state index contributed by atoms with van der Waals surface area (Å²) in [5.41, 5.74) is 1.60. The van der Waals surface area contributed by atoms with Crippen molar-refractivity contribution in [3.63, 3.8) is 0 Å². The van der Waals surface area contributed by atoms with Gasteiger partial charge in [0.1, 0.15) is 18.7 Å². The van der Waals surface area contributed by atoms with E-state index in [1.165, 1.54) is 6.33 Å². The van der Waals surface area contributed by atoms with E-state index < -0.39 is 11.8 Å². The maximum atomic E-state index is 12.8. The number of anilines is 1. The molecule has 4 heterocycles. The predicted octanol–water partition coefficient (Wildman–Crippen LogP) is 0.916. The third kappa shape index (κ3) is 3.49. The van der Waals surface area contributed by atoms with Crippen LogP contribution in [0.2, 0.25) is 0 Å². The first-order valence-electron chi connectivity index (χ1n) is 10.3. The molecule has 5 rings (SSSR count). The number of nitrogens with zero attached hydrogens (tertiary/aromatic N) is 7. The Kier molecular flexibility index (Phi) is 4.89. The molecule has 1 saturated heterocycles. The van der Waals surface area contributed by atoms with E-state index in [1.807, 2.05) is 25.3 Å². The summed E-state index contributed by atoms with van der Waals surface area (Å²) in [5.74, 6) is 0.359. The molecular formula is C22H21N7O3. The standard InChI is InChI=1S/C22H21N7O3/c1-15-6-7-29(25-15)19-12-18(23-14-24-19)26-8-10-27(11-9-26)20(30)13-28-21(31)16-4-2-3-5-17(16)22(28)32/h2-7,12,14H,8-11,13H2,1H3. The maximum absolute atomic E-state index is 12.8. The van der Waals surface area contributed by atoms with Gasteiger partial charge in [0.15, 0.2) is 5.82 Å². The molecule has 3 amide bonds. The smallest absolute Gasteiger partial charge is 0.262 e. The fourth-order valence-electron chi connectivity index (χ4n) is 3.98. The van der Waals surface area contributed by atoms with Crippen LogP contribution in [0.4, 0.5) is 5.82 Å². The SMILES string of the molecule is Cc1ccn(-c2cc(N3CCN(C(=O)CN4C(=O)c5ccccc5C4=O)CC3)ncn2)n1. The highest BCUT2D eigenvalue weighted by Gasteiger charge is 2.37. The Hall–Kier alpha value is -4.08. The van der Waals surface area contributed by atoms with Crippen LogP contribution in [0.1, 0.15) is 26.4 Å². The van der Waals surface area contributed by atoms with Crippen LogP contribution in [0, 0.1) is 6.92 Å². The first-order chi connectivity index (χ1) is 15.5. The molecule has 0 saturated carbocycles. The molecule has 0 atom stereocenters. The van der Waals surface area contributed by atoms with Gasteiger partial charge in [-0.15, -0.1) is 0 Å². The molecule has 0 bridgehead atoms. The minimum atomic E-state index is -0.417. The molecule has 2 aliphatic heterocycles. The van der Waals surface area contributed by atoms with Crippen molar-refractivity contribution >= 4 is 23.5 Å². The molecule has 0 N–H and O–H groups in total. The Bertz CT molecular complexity index is 1180. The Morgan fingerprint density at radius 2 is 1.59 bits per heavy atom. The molecule has 2 aliphatic rings. The van der Waals surface area contributed by atoms with E-state index in [4.69, 9.17) is 0 Å². The molecule has 10 heteroatoms. The molecule has 10 nitrogen and oxygen atoms in total. The number of hydrogen-bond acceptors (Lipinski definition) is 7. The highest BCUT2D eigenvalue weighted by molar-refractivity contribution is 6.22. The zero-order valence-corrected chi connectivity index (χ0v) is 17.5. The van der Waals surface area contributed by atoms with Crippen LogP contribution in [-0.2, 0) is 4.79 Å². The van der Waals surface area contributed by atoms with Gasteiger partial charge in [-0.05, 0) is 25.1 Å². The van der Waals surface area contributed by atoms with Gasteiger partial charge in [0.05, 0.1) is 16.8 Å². The number of hydrogen-bond donors (Lipinski definition) is 0. The summed E-state index contributed by atoms with van der Waals surface area (Å²) in [6.45, 7) is 3.79. The molecule has 162 valence electrons. The quantitative estimate of drug-likeness (QED) is 0.566. The number of aromatic nitrogens is 4. The van der Waals surface area contributed by atoms with Crippen molar-refractivity contribution in [1.82, 2.24) is 29.5 Å². The zero-order valence-electron chi connectivity index (χ0n) is 17.5. The van der Waals surface area contributed by atoms with E-state index >= 15 is 0 Å².